The van der Waals surface area contributed by atoms with E-state index in [1.54, 1.807) is 0 Å². The summed E-state index contributed by atoms with van der Waals surface area (Å²) in [7, 11) is 0. The highest BCUT2D eigenvalue weighted by atomic mass is 32.2. The Morgan fingerprint density at radius 3 is 2.48 bits per heavy atom. The molecular weight excluding hydrogens is 330 g/mol. The van der Waals surface area contributed by atoms with Gasteiger partial charge in [0.1, 0.15) is 17.5 Å². The third-order valence-electron chi connectivity index (χ3n) is 3.24. The highest BCUT2D eigenvalue weighted by molar-refractivity contribution is 7.99. The predicted molar refractivity (Wildman–Crippen MR) is 79.7 cm³/mol. The van der Waals surface area contributed by atoms with Crippen LogP contribution in [0.3, 0.4) is 0 Å². The van der Waals surface area contributed by atoms with E-state index >= 15 is 0 Å². The van der Waals surface area contributed by atoms with Crippen molar-refractivity contribution in [2.45, 2.75) is 9.79 Å². The van der Waals surface area contributed by atoms with Crippen molar-refractivity contribution < 1.29 is 17.6 Å². The Bertz CT molecular complexity index is 936. The summed E-state index contributed by atoms with van der Waals surface area (Å²) in [6.07, 6.45) is 1.30. The molecule has 118 valence electrons. The van der Waals surface area contributed by atoms with Gasteiger partial charge in [-0.3, -0.25) is 5.41 Å². The van der Waals surface area contributed by atoms with Crippen molar-refractivity contribution >= 4 is 28.5 Å². The molecule has 0 bridgehead atoms. The van der Waals surface area contributed by atoms with Crippen LogP contribution in [0.1, 0.15) is 5.56 Å². The Labute approximate surface area is 132 Å². The average molecular weight is 339 g/mol. The van der Waals surface area contributed by atoms with E-state index in [1.165, 1.54) is 24.4 Å². The Hall–Kier alpha value is -2.48. The summed E-state index contributed by atoms with van der Waals surface area (Å²) < 4.78 is 55.9. The molecule has 23 heavy (non-hydrogen) atoms. The van der Waals surface area contributed by atoms with Gasteiger partial charge in [-0.05, 0) is 24.3 Å². The fourth-order valence-corrected chi connectivity index (χ4v) is 3.07. The Morgan fingerprint density at radius 1 is 1.04 bits per heavy atom. The molecule has 3 nitrogen and oxygen atoms in total. The molecule has 0 aliphatic rings. The fourth-order valence-electron chi connectivity index (χ4n) is 2.14. The summed E-state index contributed by atoms with van der Waals surface area (Å²) in [5.41, 5.74) is 4.79. The Balaban J connectivity index is 2.12. The third kappa shape index (κ3) is 2.55. The van der Waals surface area contributed by atoms with Crippen molar-refractivity contribution in [2.24, 2.45) is 5.73 Å². The van der Waals surface area contributed by atoms with E-state index in [-0.39, 0.29) is 21.4 Å². The number of H-pyrrole nitrogens is 1. The van der Waals surface area contributed by atoms with Crippen molar-refractivity contribution in [3.05, 3.63) is 59.3 Å². The van der Waals surface area contributed by atoms with Crippen LogP contribution in [0.4, 0.5) is 17.6 Å². The van der Waals surface area contributed by atoms with Crippen LogP contribution in [0.5, 0.6) is 0 Å². The standard InChI is InChI=1S/C15H9F4N3S/c16-9-2-1-6(5-8(9)15(20)21)23-14-10(17)7-3-4-22-13(7)11(18)12(14)19/h1-5,22H,(H3,20,21). The second kappa shape index (κ2) is 5.62. The maximum Gasteiger partial charge on any atom is 0.184 e. The fraction of sp³-hybridized carbons (Fsp3) is 0. The number of nitrogens with one attached hydrogen (secondary N) is 2. The number of aromatic amines is 1. The molecular formula is C15H9F4N3S. The van der Waals surface area contributed by atoms with E-state index in [0.29, 0.717) is 11.8 Å². The second-order valence-corrected chi connectivity index (χ2v) is 5.78. The summed E-state index contributed by atoms with van der Waals surface area (Å²) in [6.45, 7) is 0. The van der Waals surface area contributed by atoms with Gasteiger partial charge in [-0.15, -0.1) is 0 Å². The molecule has 1 heterocycles. The number of amidine groups is 1. The predicted octanol–water partition coefficient (Wildman–Crippen LogP) is 4.16. The van der Waals surface area contributed by atoms with Crippen LogP contribution in [0, 0.1) is 28.7 Å². The van der Waals surface area contributed by atoms with Gasteiger partial charge in [0, 0.05) is 16.5 Å². The van der Waals surface area contributed by atoms with Crippen LogP contribution in [0.2, 0.25) is 0 Å². The zero-order valence-electron chi connectivity index (χ0n) is 11.4. The second-order valence-electron chi connectivity index (χ2n) is 4.69. The molecule has 4 N–H and O–H groups in total. The van der Waals surface area contributed by atoms with Crippen molar-refractivity contribution in [1.82, 2.24) is 4.98 Å². The molecule has 0 amide bonds. The molecule has 8 heteroatoms. The summed E-state index contributed by atoms with van der Waals surface area (Å²) >= 11 is 0.591. The number of nitrogen functional groups attached to an aromatic ring is 1. The minimum Gasteiger partial charge on any atom is -0.384 e. The number of rotatable bonds is 3. The molecule has 0 atom stereocenters. The first-order valence-corrected chi connectivity index (χ1v) is 7.17. The first-order chi connectivity index (χ1) is 10.9. The van der Waals surface area contributed by atoms with E-state index in [2.05, 4.69) is 4.98 Å². The molecule has 2 aromatic carbocycles. The molecule has 0 spiro atoms. The van der Waals surface area contributed by atoms with Gasteiger partial charge in [0.2, 0.25) is 0 Å². The van der Waals surface area contributed by atoms with Gasteiger partial charge < -0.3 is 10.7 Å². The van der Waals surface area contributed by atoms with Crippen molar-refractivity contribution in [2.75, 3.05) is 0 Å². The lowest BCUT2D eigenvalue weighted by molar-refractivity contribution is 0.478. The smallest absolute Gasteiger partial charge is 0.184 e. The van der Waals surface area contributed by atoms with Crippen LogP contribution in [0.25, 0.3) is 10.9 Å². The van der Waals surface area contributed by atoms with Crippen LogP contribution < -0.4 is 5.73 Å². The largest absolute Gasteiger partial charge is 0.384 e. The van der Waals surface area contributed by atoms with Crippen molar-refractivity contribution in [1.29, 1.82) is 5.41 Å². The first-order valence-electron chi connectivity index (χ1n) is 6.35. The number of hydrogen-bond donors (Lipinski definition) is 3. The highest BCUT2D eigenvalue weighted by Crippen LogP contribution is 2.37. The van der Waals surface area contributed by atoms with Gasteiger partial charge in [0.15, 0.2) is 11.6 Å². The summed E-state index contributed by atoms with van der Waals surface area (Å²) in [6, 6.07) is 4.77. The van der Waals surface area contributed by atoms with Crippen LogP contribution in [-0.2, 0) is 0 Å². The Morgan fingerprint density at radius 2 is 1.78 bits per heavy atom. The van der Waals surface area contributed by atoms with Crippen LogP contribution >= 0.6 is 11.8 Å². The SMILES string of the molecule is N=C(N)c1cc(Sc2c(F)c(F)c3[nH]ccc3c2F)ccc1F. The third-order valence-corrected chi connectivity index (χ3v) is 4.29. The summed E-state index contributed by atoms with van der Waals surface area (Å²) in [5.74, 6) is -4.69. The number of halogens is 4. The van der Waals surface area contributed by atoms with E-state index in [0.717, 1.165) is 6.07 Å². The van der Waals surface area contributed by atoms with E-state index < -0.39 is 34.0 Å². The first kappa shape index (κ1) is 15.4. The molecule has 0 saturated carbocycles. The van der Waals surface area contributed by atoms with Gasteiger partial charge in [-0.25, -0.2) is 17.6 Å². The van der Waals surface area contributed by atoms with Gasteiger partial charge in [0.25, 0.3) is 0 Å². The molecule has 0 aliphatic carbocycles. The number of hydrogen-bond acceptors (Lipinski definition) is 2. The summed E-state index contributed by atoms with van der Waals surface area (Å²) in [5, 5.41) is 7.19. The van der Waals surface area contributed by atoms with Gasteiger partial charge >= 0.3 is 0 Å². The van der Waals surface area contributed by atoms with E-state index in [4.69, 9.17) is 11.1 Å². The molecule has 0 radical (unpaired) electrons. The van der Waals surface area contributed by atoms with E-state index in [9.17, 15) is 17.6 Å². The number of nitrogens with two attached hydrogens (primary N) is 1. The zero-order valence-corrected chi connectivity index (χ0v) is 12.2. The molecule has 3 rings (SSSR count). The quantitative estimate of drug-likeness (QED) is 0.290. The molecule has 1 aromatic heterocycles. The van der Waals surface area contributed by atoms with Gasteiger partial charge in [-0.2, -0.15) is 0 Å². The normalized spacial score (nSPS) is 11.1. The lowest BCUT2D eigenvalue weighted by Gasteiger charge is -2.09. The van der Waals surface area contributed by atoms with Gasteiger partial charge in [-0.1, -0.05) is 11.8 Å². The molecule has 0 unspecified atom stereocenters. The van der Waals surface area contributed by atoms with Crippen LogP contribution in [-0.4, -0.2) is 10.8 Å². The van der Waals surface area contributed by atoms with Crippen LogP contribution in [0.15, 0.2) is 40.3 Å². The number of benzene rings is 2. The van der Waals surface area contributed by atoms with Crippen molar-refractivity contribution in [3.63, 3.8) is 0 Å². The molecule has 0 fully saturated rings. The minimum absolute atomic E-state index is 0.0831. The maximum atomic E-state index is 14.4. The maximum absolute atomic E-state index is 14.4. The topological polar surface area (TPSA) is 65.7 Å². The monoisotopic (exact) mass is 339 g/mol. The number of aromatic nitrogens is 1. The van der Waals surface area contributed by atoms with E-state index in [1.807, 2.05) is 0 Å². The summed E-state index contributed by atoms with van der Waals surface area (Å²) in [4.78, 5) is 2.11. The average Bonchev–Trinajstić information content (AvgIpc) is 3.00. The lowest BCUT2D eigenvalue weighted by Crippen LogP contribution is -2.13. The minimum atomic E-state index is -1.34. The molecule has 0 saturated heterocycles. The van der Waals surface area contributed by atoms with Crippen molar-refractivity contribution in [3.8, 4) is 0 Å². The Kier molecular flexibility index (Phi) is 3.77. The van der Waals surface area contributed by atoms with Gasteiger partial charge in [0.05, 0.1) is 16.0 Å². The number of fused-ring (bicyclic) bond motifs is 1. The zero-order chi connectivity index (χ0) is 16.7. The molecule has 0 aliphatic heterocycles. The highest BCUT2D eigenvalue weighted by Gasteiger charge is 2.22. The molecule has 3 aromatic rings. The lowest BCUT2D eigenvalue weighted by atomic mass is 10.2.